The van der Waals surface area contributed by atoms with Crippen molar-refractivity contribution in [3.8, 4) is 11.6 Å². The van der Waals surface area contributed by atoms with E-state index >= 15 is 0 Å². The van der Waals surface area contributed by atoms with Gasteiger partial charge in [0.1, 0.15) is 11.4 Å². The van der Waals surface area contributed by atoms with Gasteiger partial charge in [0.05, 0.1) is 6.54 Å². The number of benzene rings is 2. The monoisotopic (exact) mass is 447 g/mol. The van der Waals surface area contributed by atoms with E-state index < -0.39 is 0 Å². The Hall–Kier alpha value is -3.32. The number of nitrogens with one attached hydrogen (secondary N) is 1. The number of amides is 2. The van der Waals surface area contributed by atoms with Crippen LogP contribution in [0, 0.1) is 0 Å². The molecule has 0 saturated heterocycles. The Balaban J connectivity index is 1.33. The van der Waals surface area contributed by atoms with Crippen LogP contribution in [0.15, 0.2) is 71.8 Å². The number of fused-ring (bicyclic) bond motifs is 2. The predicted molar refractivity (Wildman–Crippen MR) is 126 cm³/mol. The Bertz CT molecular complexity index is 1100. The number of hydrogen-bond donors (Lipinski definition) is 1. The zero-order valence-electron chi connectivity index (χ0n) is 17.9. The number of pyridine rings is 1. The minimum Gasteiger partial charge on any atom is -0.437 e. The molecule has 164 valence electrons. The van der Waals surface area contributed by atoms with Crippen LogP contribution in [0.1, 0.15) is 24.0 Å². The number of ether oxygens (including phenoxy) is 1. The molecule has 0 atom stereocenters. The van der Waals surface area contributed by atoms with E-state index in [-0.39, 0.29) is 24.7 Å². The zero-order chi connectivity index (χ0) is 22.3. The molecule has 4 rings (SSSR count). The van der Waals surface area contributed by atoms with Gasteiger partial charge in [-0.15, -0.1) is 11.8 Å². The summed E-state index contributed by atoms with van der Waals surface area (Å²) in [4.78, 5) is 32.5. The third-order valence-electron chi connectivity index (χ3n) is 5.31. The fourth-order valence-electron chi connectivity index (χ4n) is 3.56. The summed E-state index contributed by atoms with van der Waals surface area (Å²) in [6.45, 7) is 0.921. The van der Waals surface area contributed by atoms with E-state index in [0.717, 1.165) is 12.0 Å². The maximum atomic E-state index is 13.0. The first-order valence-corrected chi connectivity index (χ1v) is 11.8. The normalized spacial score (nSPS) is 12.2. The van der Waals surface area contributed by atoms with Crippen molar-refractivity contribution < 1.29 is 14.3 Å². The Labute approximate surface area is 192 Å². The number of carbonyl (C=O) groups is 2. The van der Waals surface area contributed by atoms with Crippen molar-refractivity contribution in [1.82, 2.24) is 10.3 Å². The van der Waals surface area contributed by atoms with Crippen LogP contribution in [-0.2, 0) is 22.6 Å². The van der Waals surface area contributed by atoms with E-state index in [1.807, 2.05) is 36.6 Å². The fourth-order valence-corrected chi connectivity index (χ4v) is 3.97. The first kappa shape index (κ1) is 21.9. The van der Waals surface area contributed by atoms with E-state index in [2.05, 4.69) is 34.6 Å². The number of aromatic nitrogens is 1. The summed E-state index contributed by atoms with van der Waals surface area (Å²) in [5, 5.41) is 2.91. The number of hydrogen-bond acceptors (Lipinski definition) is 5. The maximum absolute atomic E-state index is 13.0. The van der Waals surface area contributed by atoms with E-state index in [4.69, 9.17) is 4.74 Å². The maximum Gasteiger partial charge on any atom is 0.243 e. The predicted octanol–water partition coefficient (Wildman–Crippen LogP) is 4.58. The second-order valence-corrected chi connectivity index (χ2v) is 8.35. The lowest BCUT2D eigenvalue weighted by atomic mass is 10.1. The van der Waals surface area contributed by atoms with Gasteiger partial charge < -0.3 is 15.0 Å². The van der Waals surface area contributed by atoms with Gasteiger partial charge in [0.25, 0.3) is 0 Å². The molecule has 7 heteroatoms. The Morgan fingerprint density at radius 1 is 1.06 bits per heavy atom. The van der Waals surface area contributed by atoms with Crippen LogP contribution in [0.25, 0.3) is 0 Å². The van der Waals surface area contributed by atoms with Crippen LogP contribution < -0.4 is 15.0 Å². The Morgan fingerprint density at radius 2 is 1.88 bits per heavy atom. The number of anilines is 1. The van der Waals surface area contributed by atoms with Gasteiger partial charge >= 0.3 is 0 Å². The van der Waals surface area contributed by atoms with Gasteiger partial charge in [-0.1, -0.05) is 30.3 Å². The molecule has 32 heavy (non-hydrogen) atoms. The third kappa shape index (κ3) is 5.29. The molecular weight excluding hydrogens is 422 g/mol. The van der Waals surface area contributed by atoms with Crippen LogP contribution in [0.5, 0.6) is 11.6 Å². The molecule has 0 radical (unpaired) electrons. The molecule has 1 aromatic heterocycles. The lowest BCUT2D eigenvalue weighted by Gasteiger charge is -2.21. The van der Waals surface area contributed by atoms with E-state index in [9.17, 15) is 9.59 Å². The van der Waals surface area contributed by atoms with E-state index in [1.54, 1.807) is 28.9 Å². The topological polar surface area (TPSA) is 71.5 Å². The quantitative estimate of drug-likeness (QED) is 0.537. The molecular formula is C25H25N3O3S. The first-order chi connectivity index (χ1) is 15.6. The van der Waals surface area contributed by atoms with Crippen molar-refractivity contribution in [2.75, 3.05) is 17.7 Å². The average Bonchev–Trinajstić information content (AvgIpc) is 3.00. The van der Waals surface area contributed by atoms with Gasteiger partial charge in [-0.2, -0.15) is 0 Å². The molecule has 2 heterocycles. The molecule has 0 spiro atoms. The summed E-state index contributed by atoms with van der Waals surface area (Å²) in [6.07, 6.45) is 4.69. The smallest absolute Gasteiger partial charge is 0.243 e. The molecule has 6 nitrogen and oxygen atoms in total. The Kier molecular flexibility index (Phi) is 7.07. The minimum atomic E-state index is -0.137. The third-order valence-corrected chi connectivity index (χ3v) is 6.06. The Morgan fingerprint density at radius 3 is 2.69 bits per heavy atom. The highest BCUT2D eigenvalue weighted by atomic mass is 32.2. The second kappa shape index (κ2) is 10.3. The highest BCUT2D eigenvalue weighted by Crippen LogP contribution is 2.37. The number of rotatable bonds is 7. The van der Waals surface area contributed by atoms with Crippen LogP contribution in [0.4, 0.5) is 5.69 Å². The van der Waals surface area contributed by atoms with Crippen molar-refractivity contribution in [3.05, 3.63) is 78.0 Å². The second-order valence-electron chi connectivity index (χ2n) is 7.47. The van der Waals surface area contributed by atoms with Crippen molar-refractivity contribution in [2.45, 2.75) is 30.7 Å². The van der Waals surface area contributed by atoms with E-state index in [0.29, 0.717) is 30.4 Å². The summed E-state index contributed by atoms with van der Waals surface area (Å²) in [5.41, 5.74) is 2.69. The summed E-state index contributed by atoms with van der Waals surface area (Å²) < 4.78 is 5.93. The molecule has 0 aliphatic carbocycles. The number of thioether (sulfide) groups is 1. The van der Waals surface area contributed by atoms with E-state index in [1.165, 1.54) is 10.5 Å². The molecule has 1 aliphatic rings. The molecule has 0 fully saturated rings. The van der Waals surface area contributed by atoms with Gasteiger partial charge in [0.2, 0.25) is 17.7 Å². The largest absolute Gasteiger partial charge is 0.437 e. The lowest BCUT2D eigenvalue weighted by molar-refractivity contribution is -0.125. The summed E-state index contributed by atoms with van der Waals surface area (Å²) in [6, 6.07) is 19.5. The summed E-state index contributed by atoms with van der Waals surface area (Å²) >= 11 is 1.70. The number of nitrogens with zero attached hydrogens (tertiary/aromatic N) is 2. The van der Waals surface area contributed by atoms with Crippen LogP contribution in [-0.4, -0.2) is 29.6 Å². The van der Waals surface area contributed by atoms with Gasteiger partial charge in [-0.25, -0.2) is 4.98 Å². The van der Waals surface area contributed by atoms with Crippen LogP contribution >= 0.6 is 11.8 Å². The summed E-state index contributed by atoms with van der Waals surface area (Å²) in [7, 11) is 0. The molecule has 0 bridgehead atoms. The van der Waals surface area contributed by atoms with Crippen LogP contribution in [0.2, 0.25) is 0 Å². The van der Waals surface area contributed by atoms with Gasteiger partial charge in [0, 0.05) is 36.0 Å². The standard InChI is InChI=1S/C25H25N3O3S/c1-32-20-10-8-18(9-11-20)14-16-26-23(29)12-13-24(30)28-17-19-5-2-3-7-22(19)31-25-21(28)6-4-15-27-25/h2-11,15H,12-14,16-17H2,1H3,(H,26,29). The number of carbonyl (C=O) groups excluding carboxylic acids is 2. The van der Waals surface area contributed by atoms with Crippen LogP contribution in [0.3, 0.4) is 0 Å². The minimum absolute atomic E-state index is 0.116. The molecule has 1 aliphatic heterocycles. The van der Waals surface area contributed by atoms with Gasteiger partial charge in [-0.3, -0.25) is 9.59 Å². The highest BCUT2D eigenvalue weighted by molar-refractivity contribution is 7.98. The molecule has 2 aromatic carbocycles. The van der Waals surface area contributed by atoms with Crippen molar-refractivity contribution in [3.63, 3.8) is 0 Å². The highest BCUT2D eigenvalue weighted by Gasteiger charge is 2.26. The lowest BCUT2D eigenvalue weighted by Crippen LogP contribution is -2.32. The number of para-hydroxylation sites is 1. The SMILES string of the molecule is CSc1ccc(CCNC(=O)CCC(=O)N2Cc3ccccc3Oc3ncccc32)cc1. The van der Waals surface area contributed by atoms with Crippen molar-refractivity contribution in [2.24, 2.45) is 0 Å². The molecule has 1 N–H and O–H groups in total. The fraction of sp³-hybridized carbons (Fsp3) is 0.240. The van der Waals surface area contributed by atoms with Crippen molar-refractivity contribution in [1.29, 1.82) is 0 Å². The zero-order valence-corrected chi connectivity index (χ0v) is 18.7. The van der Waals surface area contributed by atoms with Gasteiger partial charge in [-0.05, 0) is 48.6 Å². The van der Waals surface area contributed by atoms with Gasteiger partial charge in [0.15, 0.2) is 0 Å². The first-order valence-electron chi connectivity index (χ1n) is 10.5. The van der Waals surface area contributed by atoms with Crippen molar-refractivity contribution >= 4 is 29.3 Å². The summed E-state index contributed by atoms with van der Waals surface area (Å²) in [5.74, 6) is 0.813. The molecule has 0 saturated carbocycles. The molecule has 2 amide bonds. The molecule has 0 unspecified atom stereocenters. The average molecular weight is 448 g/mol. The molecule has 3 aromatic rings.